The van der Waals surface area contributed by atoms with Crippen molar-refractivity contribution >= 4 is 45.5 Å². The molecule has 7 nitrogen and oxygen atoms in total. The summed E-state index contributed by atoms with van der Waals surface area (Å²) < 4.78 is 2.12. The number of piperidine rings is 1. The number of aliphatic hydroxyl groups excluding tert-OH is 1. The summed E-state index contributed by atoms with van der Waals surface area (Å²) in [6, 6.07) is 16.0. The summed E-state index contributed by atoms with van der Waals surface area (Å²) in [5, 5.41) is 16.8. The Bertz CT molecular complexity index is 1380. The fourth-order valence-electron chi connectivity index (χ4n) is 5.13. The topological polar surface area (TPSA) is 86.6 Å². The molecular formula is C30H32N4O3. The highest BCUT2D eigenvalue weighted by Crippen LogP contribution is 2.32. The van der Waals surface area contributed by atoms with Crippen LogP contribution in [0.4, 0.5) is 17.1 Å². The summed E-state index contributed by atoms with van der Waals surface area (Å²) in [5.74, 6) is 0.0457. The summed E-state index contributed by atoms with van der Waals surface area (Å²) in [6.45, 7) is 1.70. The van der Waals surface area contributed by atoms with Gasteiger partial charge in [0.2, 0.25) is 11.8 Å². The molecule has 0 spiro atoms. The first kappa shape index (κ1) is 23.6. The Morgan fingerprint density at radius 2 is 1.59 bits per heavy atom. The van der Waals surface area contributed by atoms with Gasteiger partial charge in [0.25, 0.3) is 0 Å². The standard InChI is InChI=1S/C30H32N4O3/c35-27-14-16-33(17-15-27)25-10-5-23(6-11-25)31-29(36)21-3-8-26(9-4-21)34-18-13-22-19-24(7-12-28(22)34)32-30(37)20-1-2-20/h3,5-13,18-21,27,35H,1-2,4,14-17H2,(H,31,36)(H,32,37). The van der Waals surface area contributed by atoms with Crippen LogP contribution in [0.25, 0.3) is 16.6 Å². The maximum atomic E-state index is 12.9. The Morgan fingerprint density at radius 3 is 2.30 bits per heavy atom. The number of carbonyl (C=O) groups excluding carboxylic acids is 2. The lowest BCUT2D eigenvalue weighted by Gasteiger charge is -2.31. The highest BCUT2D eigenvalue weighted by Gasteiger charge is 2.29. The van der Waals surface area contributed by atoms with Crippen molar-refractivity contribution in [2.45, 2.75) is 38.2 Å². The van der Waals surface area contributed by atoms with E-state index in [0.29, 0.717) is 6.42 Å². The SMILES string of the molecule is O=C(Nc1ccc(N2CCC(O)CC2)cc1)C1C=CC(n2ccc3cc(NC(=O)C4CC4)ccc32)=CC1. The van der Waals surface area contributed by atoms with Crippen LogP contribution in [0.3, 0.4) is 0 Å². The van der Waals surface area contributed by atoms with Crippen molar-refractivity contribution in [3.63, 3.8) is 0 Å². The molecule has 6 rings (SSSR count). The average molecular weight is 497 g/mol. The second-order valence-electron chi connectivity index (χ2n) is 10.3. The number of hydrogen-bond acceptors (Lipinski definition) is 4. The molecular weight excluding hydrogens is 464 g/mol. The Labute approximate surface area is 216 Å². The van der Waals surface area contributed by atoms with Gasteiger partial charge in [-0.15, -0.1) is 0 Å². The van der Waals surface area contributed by atoms with E-state index >= 15 is 0 Å². The molecule has 2 aliphatic carbocycles. The third-order valence-electron chi connectivity index (χ3n) is 7.57. The van der Waals surface area contributed by atoms with E-state index in [0.717, 1.165) is 72.4 Å². The van der Waals surface area contributed by atoms with Gasteiger partial charge in [0.05, 0.1) is 17.5 Å². The molecule has 1 unspecified atom stereocenters. The number of nitrogens with zero attached hydrogens (tertiary/aromatic N) is 2. The number of hydrogen-bond donors (Lipinski definition) is 3. The number of rotatable bonds is 6. The number of fused-ring (bicyclic) bond motifs is 1. The van der Waals surface area contributed by atoms with Gasteiger partial charge in [-0.2, -0.15) is 0 Å². The molecule has 7 heteroatoms. The van der Waals surface area contributed by atoms with Gasteiger partial charge < -0.3 is 25.2 Å². The van der Waals surface area contributed by atoms with Crippen molar-refractivity contribution < 1.29 is 14.7 Å². The van der Waals surface area contributed by atoms with Crippen LogP contribution in [-0.4, -0.2) is 40.7 Å². The molecule has 1 aliphatic heterocycles. The predicted octanol–water partition coefficient (Wildman–Crippen LogP) is 5.01. The maximum absolute atomic E-state index is 12.9. The van der Waals surface area contributed by atoms with Crippen LogP contribution in [0.1, 0.15) is 32.1 Å². The number of aromatic nitrogens is 1. The van der Waals surface area contributed by atoms with Gasteiger partial charge in [-0.05, 0) is 86.7 Å². The Kier molecular flexibility index (Phi) is 6.30. The number of nitrogens with one attached hydrogen (secondary N) is 2. The molecule has 37 heavy (non-hydrogen) atoms. The molecule has 2 aromatic carbocycles. The first-order valence-corrected chi connectivity index (χ1v) is 13.2. The smallest absolute Gasteiger partial charge is 0.231 e. The van der Waals surface area contributed by atoms with Gasteiger partial charge in [0, 0.05) is 53.3 Å². The van der Waals surface area contributed by atoms with E-state index in [-0.39, 0.29) is 29.8 Å². The first-order valence-electron chi connectivity index (χ1n) is 13.2. The van der Waals surface area contributed by atoms with Crippen LogP contribution >= 0.6 is 0 Å². The summed E-state index contributed by atoms with van der Waals surface area (Å²) in [5.41, 5.74) is 4.83. The fraction of sp³-hybridized carbons (Fsp3) is 0.333. The van der Waals surface area contributed by atoms with Gasteiger partial charge in [0.15, 0.2) is 0 Å². The van der Waals surface area contributed by atoms with Crippen LogP contribution in [0.2, 0.25) is 0 Å². The molecule has 2 amide bonds. The minimum atomic E-state index is -0.224. The molecule has 1 saturated carbocycles. The van der Waals surface area contributed by atoms with Gasteiger partial charge in [-0.3, -0.25) is 9.59 Å². The Balaban J connectivity index is 1.07. The van der Waals surface area contributed by atoms with E-state index in [1.165, 1.54) is 0 Å². The molecule has 3 N–H and O–H groups in total. The first-order chi connectivity index (χ1) is 18.0. The van der Waals surface area contributed by atoms with Gasteiger partial charge in [-0.25, -0.2) is 0 Å². The molecule has 1 atom stereocenters. The number of allylic oxidation sites excluding steroid dienone is 3. The zero-order valence-electron chi connectivity index (χ0n) is 20.8. The molecule has 1 saturated heterocycles. The lowest BCUT2D eigenvalue weighted by molar-refractivity contribution is -0.118. The summed E-state index contributed by atoms with van der Waals surface area (Å²) >= 11 is 0. The van der Waals surface area contributed by atoms with Crippen molar-refractivity contribution in [2.75, 3.05) is 28.6 Å². The molecule has 0 bridgehead atoms. The number of aliphatic hydroxyl groups is 1. The van der Waals surface area contributed by atoms with Crippen molar-refractivity contribution in [2.24, 2.45) is 11.8 Å². The third-order valence-corrected chi connectivity index (χ3v) is 7.57. The average Bonchev–Trinajstić information content (AvgIpc) is 3.69. The van der Waals surface area contributed by atoms with E-state index in [4.69, 9.17) is 0 Å². The van der Waals surface area contributed by atoms with E-state index in [2.05, 4.69) is 26.2 Å². The van der Waals surface area contributed by atoms with Crippen LogP contribution in [-0.2, 0) is 9.59 Å². The zero-order valence-corrected chi connectivity index (χ0v) is 20.8. The van der Waals surface area contributed by atoms with Crippen LogP contribution in [0.5, 0.6) is 0 Å². The van der Waals surface area contributed by atoms with Crippen LogP contribution < -0.4 is 15.5 Å². The number of anilines is 3. The third kappa shape index (κ3) is 5.18. The van der Waals surface area contributed by atoms with Gasteiger partial charge >= 0.3 is 0 Å². The lowest BCUT2D eigenvalue weighted by Crippen LogP contribution is -2.35. The quantitative estimate of drug-likeness (QED) is 0.448. The molecule has 3 aliphatic rings. The highest BCUT2D eigenvalue weighted by atomic mass is 16.3. The lowest BCUT2D eigenvalue weighted by atomic mass is 9.98. The fourth-order valence-corrected chi connectivity index (χ4v) is 5.13. The summed E-state index contributed by atoms with van der Waals surface area (Å²) in [7, 11) is 0. The monoisotopic (exact) mass is 496 g/mol. The molecule has 2 fully saturated rings. The van der Waals surface area contributed by atoms with Crippen molar-refractivity contribution in [1.82, 2.24) is 4.57 Å². The van der Waals surface area contributed by atoms with E-state index in [1.54, 1.807) is 0 Å². The van der Waals surface area contributed by atoms with Crippen LogP contribution in [0.15, 0.2) is 73.0 Å². The zero-order chi connectivity index (χ0) is 25.4. The molecule has 1 aromatic heterocycles. The Morgan fingerprint density at radius 1 is 0.865 bits per heavy atom. The molecule has 3 aromatic rings. The summed E-state index contributed by atoms with van der Waals surface area (Å²) in [6.07, 6.45) is 12.1. The predicted molar refractivity (Wildman–Crippen MR) is 147 cm³/mol. The van der Waals surface area contributed by atoms with E-state index in [9.17, 15) is 14.7 Å². The van der Waals surface area contributed by atoms with Crippen molar-refractivity contribution in [3.8, 4) is 0 Å². The van der Waals surface area contributed by atoms with Gasteiger partial charge in [0.1, 0.15) is 0 Å². The van der Waals surface area contributed by atoms with Crippen molar-refractivity contribution in [3.05, 3.63) is 73.0 Å². The second-order valence-corrected chi connectivity index (χ2v) is 10.3. The highest BCUT2D eigenvalue weighted by molar-refractivity contribution is 5.97. The van der Waals surface area contributed by atoms with Gasteiger partial charge in [-0.1, -0.05) is 12.2 Å². The molecule has 2 heterocycles. The summed E-state index contributed by atoms with van der Waals surface area (Å²) in [4.78, 5) is 27.2. The van der Waals surface area contributed by atoms with E-state index < -0.39 is 0 Å². The molecule has 0 radical (unpaired) electrons. The Hall–Kier alpha value is -3.84. The van der Waals surface area contributed by atoms with Crippen LogP contribution in [0, 0.1) is 11.8 Å². The number of amides is 2. The minimum absolute atomic E-state index is 0.0196. The largest absolute Gasteiger partial charge is 0.393 e. The minimum Gasteiger partial charge on any atom is -0.393 e. The molecule has 190 valence electrons. The second kappa shape index (κ2) is 9.90. The number of benzene rings is 2. The van der Waals surface area contributed by atoms with E-state index in [1.807, 2.05) is 66.9 Å². The maximum Gasteiger partial charge on any atom is 0.231 e. The van der Waals surface area contributed by atoms with Crippen molar-refractivity contribution in [1.29, 1.82) is 0 Å². The normalized spacial score (nSPS) is 20.1. The number of carbonyl (C=O) groups is 2.